The van der Waals surface area contributed by atoms with E-state index >= 15 is 0 Å². The lowest BCUT2D eigenvalue weighted by Crippen LogP contribution is -2.43. The number of nitrogens with zero attached hydrogens (tertiary/aromatic N) is 1. The van der Waals surface area contributed by atoms with E-state index in [1.165, 1.54) is 5.56 Å². The maximum Gasteiger partial charge on any atom is 0.118 e. The van der Waals surface area contributed by atoms with Crippen LogP contribution in [0, 0.1) is 0 Å². The molecule has 0 bridgehead atoms. The highest BCUT2D eigenvalue weighted by molar-refractivity contribution is 7.09. The third-order valence-corrected chi connectivity index (χ3v) is 4.62. The molecule has 0 spiro atoms. The van der Waals surface area contributed by atoms with Crippen molar-refractivity contribution in [3.8, 4) is 5.75 Å². The molecule has 2 rings (SSSR count). The standard InChI is InChI=1S/C17H24N2OS/c1-13(2)19-17(3,16-18-11-12-21-16)10-9-14-5-7-15(20-4)8-6-14/h5-8,11-13,19H,9-10H2,1-4H3. The van der Waals surface area contributed by atoms with Crippen molar-refractivity contribution in [3.63, 3.8) is 0 Å². The Morgan fingerprint density at radius 2 is 2.00 bits per heavy atom. The summed E-state index contributed by atoms with van der Waals surface area (Å²) in [5.74, 6) is 0.904. The van der Waals surface area contributed by atoms with Gasteiger partial charge in [-0.1, -0.05) is 12.1 Å². The van der Waals surface area contributed by atoms with Crippen molar-refractivity contribution in [2.45, 2.75) is 45.2 Å². The van der Waals surface area contributed by atoms with Gasteiger partial charge in [0, 0.05) is 17.6 Å². The summed E-state index contributed by atoms with van der Waals surface area (Å²) < 4.78 is 5.21. The maximum atomic E-state index is 5.21. The Bertz CT molecular complexity index is 536. The second-order valence-electron chi connectivity index (χ2n) is 5.82. The van der Waals surface area contributed by atoms with Crippen molar-refractivity contribution in [2.75, 3.05) is 7.11 Å². The normalized spacial score (nSPS) is 14.1. The second kappa shape index (κ2) is 7.05. The van der Waals surface area contributed by atoms with Gasteiger partial charge in [0.05, 0.1) is 12.6 Å². The van der Waals surface area contributed by atoms with Crippen LogP contribution in [0.4, 0.5) is 0 Å². The first-order valence-electron chi connectivity index (χ1n) is 7.34. The number of benzene rings is 1. The zero-order chi connectivity index (χ0) is 15.3. The average Bonchev–Trinajstić information content (AvgIpc) is 3.00. The van der Waals surface area contributed by atoms with Gasteiger partial charge in [0.25, 0.3) is 0 Å². The Labute approximate surface area is 131 Å². The molecule has 21 heavy (non-hydrogen) atoms. The number of thiazole rings is 1. The smallest absolute Gasteiger partial charge is 0.118 e. The lowest BCUT2D eigenvalue weighted by molar-refractivity contribution is 0.310. The van der Waals surface area contributed by atoms with E-state index in [-0.39, 0.29) is 5.54 Å². The van der Waals surface area contributed by atoms with Crippen LogP contribution < -0.4 is 10.1 Å². The summed E-state index contributed by atoms with van der Waals surface area (Å²) >= 11 is 1.72. The minimum atomic E-state index is -0.0811. The molecule has 2 aromatic rings. The van der Waals surface area contributed by atoms with Crippen LogP contribution >= 0.6 is 11.3 Å². The number of ether oxygens (including phenoxy) is 1. The third kappa shape index (κ3) is 4.29. The predicted octanol–water partition coefficient (Wildman–Crippen LogP) is 4.00. The van der Waals surface area contributed by atoms with Crippen molar-refractivity contribution in [1.82, 2.24) is 10.3 Å². The number of aryl methyl sites for hydroxylation is 1. The van der Waals surface area contributed by atoms with Crippen molar-refractivity contribution in [2.24, 2.45) is 0 Å². The van der Waals surface area contributed by atoms with Crippen molar-refractivity contribution >= 4 is 11.3 Å². The average molecular weight is 304 g/mol. The molecule has 4 heteroatoms. The van der Waals surface area contributed by atoms with E-state index in [9.17, 15) is 0 Å². The summed E-state index contributed by atoms with van der Waals surface area (Å²) in [7, 11) is 1.70. The molecular weight excluding hydrogens is 280 g/mol. The van der Waals surface area contributed by atoms with E-state index < -0.39 is 0 Å². The second-order valence-corrected chi connectivity index (χ2v) is 6.71. The van der Waals surface area contributed by atoms with Gasteiger partial charge in [-0.25, -0.2) is 4.98 Å². The van der Waals surface area contributed by atoms with Gasteiger partial charge in [-0.3, -0.25) is 0 Å². The molecule has 1 atom stereocenters. The van der Waals surface area contributed by atoms with Gasteiger partial charge in [-0.05, 0) is 51.3 Å². The summed E-state index contributed by atoms with van der Waals surface area (Å²) in [5, 5.41) is 6.88. The van der Waals surface area contributed by atoms with Crippen LogP contribution in [-0.2, 0) is 12.0 Å². The Kier molecular flexibility index (Phi) is 5.37. The lowest BCUT2D eigenvalue weighted by atomic mass is 9.93. The maximum absolute atomic E-state index is 5.21. The highest BCUT2D eigenvalue weighted by Gasteiger charge is 2.29. The van der Waals surface area contributed by atoms with E-state index in [0.717, 1.165) is 23.6 Å². The fraction of sp³-hybridized carbons (Fsp3) is 0.471. The van der Waals surface area contributed by atoms with Crippen molar-refractivity contribution in [1.29, 1.82) is 0 Å². The largest absolute Gasteiger partial charge is 0.497 e. The minimum Gasteiger partial charge on any atom is -0.497 e. The number of methoxy groups -OCH3 is 1. The van der Waals surface area contributed by atoms with Crippen molar-refractivity contribution in [3.05, 3.63) is 46.4 Å². The van der Waals surface area contributed by atoms with Crippen LogP contribution in [0.2, 0.25) is 0 Å². The number of rotatable bonds is 7. The van der Waals surface area contributed by atoms with Gasteiger partial charge in [-0.15, -0.1) is 11.3 Å². The molecule has 0 amide bonds. The summed E-state index contributed by atoms with van der Waals surface area (Å²) in [6, 6.07) is 8.74. The van der Waals surface area contributed by atoms with Gasteiger partial charge < -0.3 is 10.1 Å². The zero-order valence-electron chi connectivity index (χ0n) is 13.2. The van der Waals surface area contributed by atoms with Gasteiger partial charge in [0.1, 0.15) is 10.8 Å². The highest BCUT2D eigenvalue weighted by Crippen LogP contribution is 2.29. The monoisotopic (exact) mass is 304 g/mol. The molecule has 114 valence electrons. The molecule has 0 aliphatic rings. The van der Waals surface area contributed by atoms with E-state index in [1.54, 1.807) is 18.4 Å². The summed E-state index contributed by atoms with van der Waals surface area (Å²) in [4.78, 5) is 4.52. The molecule has 0 fully saturated rings. The number of hydrogen-bond acceptors (Lipinski definition) is 4. The third-order valence-electron chi connectivity index (χ3n) is 3.58. The Hall–Kier alpha value is -1.39. The topological polar surface area (TPSA) is 34.1 Å². The summed E-state index contributed by atoms with van der Waals surface area (Å²) in [6.45, 7) is 6.60. The Balaban J connectivity index is 2.08. The molecule has 0 radical (unpaired) electrons. The molecule has 1 heterocycles. The van der Waals surface area contributed by atoms with Crippen LogP contribution in [-0.4, -0.2) is 18.1 Å². The van der Waals surface area contributed by atoms with Gasteiger partial charge >= 0.3 is 0 Å². The molecule has 1 unspecified atom stereocenters. The van der Waals surface area contributed by atoms with Crippen molar-refractivity contribution < 1.29 is 4.74 Å². The van der Waals surface area contributed by atoms with Gasteiger partial charge in [-0.2, -0.15) is 0 Å². The van der Waals surface area contributed by atoms with E-state index in [2.05, 4.69) is 43.2 Å². The molecule has 0 saturated heterocycles. The first-order valence-corrected chi connectivity index (χ1v) is 8.22. The van der Waals surface area contributed by atoms with Crippen LogP contribution in [0.3, 0.4) is 0 Å². The predicted molar refractivity (Wildman–Crippen MR) is 89.1 cm³/mol. The molecular formula is C17H24N2OS. The number of hydrogen-bond donors (Lipinski definition) is 1. The first-order chi connectivity index (χ1) is 10.0. The number of aromatic nitrogens is 1. The van der Waals surface area contributed by atoms with Crippen LogP contribution in [0.1, 0.15) is 37.8 Å². The molecule has 1 aromatic heterocycles. The van der Waals surface area contributed by atoms with Gasteiger partial charge in [0.15, 0.2) is 0 Å². The van der Waals surface area contributed by atoms with E-state index in [1.807, 2.05) is 23.7 Å². The Morgan fingerprint density at radius 1 is 1.29 bits per heavy atom. The van der Waals surface area contributed by atoms with Crippen LogP contribution in [0.5, 0.6) is 5.75 Å². The Morgan fingerprint density at radius 3 is 2.52 bits per heavy atom. The molecule has 0 aliphatic heterocycles. The molecule has 0 aliphatic carbocycles. The zero-order valence-corrected chi connectivity index (χ0v) is 14.0. The quantitative estimate of drug-likeness (QED) is 0.839. The van der Waals surface area contributed by atoms with Crippen LogP contribution in [0.15, 0.2) is 35.8 Å². The summed E-state index contributed by atoms with van der Waals surface area (Å²) in [5.41, 5.74) is 1.24. The lowest BCUT2D eigenvalue weighted by Gasteiger charge is -2.31. The van der Waals surface area contributed by atoms with Crippen LogP contribution in [0.25, 0.3) is 0 Å². The number of nitrogens with one attached hydrogen (secondary N) is 1. The SMILES string of the molecule is COc1ccc(CCC(C)(NC(C)C)c2nccs2)cc1. The van der Waals surface area contributed by atoms with E-state index in [4.69, 9.17) is 4.74 Å². The van der Waals surface area contributed by atoms with Gasteiger partial charge in [0.2, 0.25) is 0 Å². The van der Waals surface area contributed by atoms with E-state index in [0.29, 0.717) is 6.04 Å². The summed E-state index contributed by atoms with van der Waals surface area (Å²) in [6.07, 6.45) is 3.92. The first kappa shape index (κ1) is 16.0. The molecule has 0 saturated carbocycles. The molecule has 1 N–H and O–H groups in total. The molecule has 1 aromatic carbocycles. The fourth-order valence-corrected chi connectivity index (χ4v) is 3.35. The molecule has 3 nitrogen and oxygen atoms in total. The minimum absolute atomic E-state index is 0.0811. The fourth-order valence-electron chi connectivity index (χ4n) is 2.56. The highest BCUT2D eigenvalue weighted by atomic mass is 32.1.